The van der Waals surface area contributed by atoms with Crippen LogP contribution in [0.3, 0.4) is 0 Å². The third kappa shape index (κ3) is 2.94. The Morgan fingerprint density at radius 2 is 1.52 bits per heavy atom. The molecule has 0 bridgehead atoms. The van der Waals surface area contributed by atoms with Crippen LogP contribution in [0, 0.1) is 5.82 Å². The third-order valence-electron chi connectivity index (χ3n) is 3.41. The number of hydrogen-bond donors (Lipinski definition) is 0. The van der Waals surface area contributed by atoms with Gasteiger partial charge in [0.15, 0.2) is 0 Å². The highest BCUT2D eigenvalue weighted by Gasteiger charge is 2.17. The molecule has 1 unspecified atom stereocenters. The zero-order chi connectivity index (χ0) is 15.0. The molecule has 0 fully saturated rings. The van der Waals surface area contributed by atoms with E-state index in [0.717, 1.165) is 25.5 Å². The van der Waals surface area contributed by atoms with Gasteiger partial charge < -0.3 is 0 Å². The van der Waals surface area contributed by atoms with E-state index in [1.165, 1.54) is 6.07 Å². The van der Waals surface area contributed by atoms with E-state index in [2.05, 4.69) is 53.9 Å². The fourth-order valence-corrected chi connectivity index (χ4v) is 4.32. The van der Waals surface area contributed by atoms with Crippen molar-refractivity contribution in [2.75, 3.05) is 0 Å². The van der Waals surface area contributed by atoms with Crippen LogP contribution in [-0.4, -0.2) is 0 Å². The average Bonchev–Trinajstić information content (AvgIpc) is 2.50. The first kappa shape index (κ1) is 15.2. The Bertz CT molecular complexity index is 814. The number of rotatable bonds is 2. The SMILES string of the molecule is Fc1ccc(C(Br)c2cc(Br)ccc2Br)c2ccccc12. The second kappa shape index (κ2) is 6.19. The summed E-state index contributed by atoms with van der Waals surface area (Å²) in [7, 11) is 0. The molecule has 0 spiro atoms. The molecule has 0 aliphatic rings. The molecule has 3 aromatic carbocycles. The van der Waals surface area contributed by atoms with Crippen LogP contribution in [0.2, 0.25) is 0 Å². The quantitative estimate of drug-likeness (QED) is 0.353. The maximum atomic E-state index is 13.9. The minimum absolute atomic E-state index is 0.0186. The predicted octanol–water partition coefficient (Wildman–Crippen LogP) is 6.99. The Balaban J connectivity index is 2.20. The summed E-state index contributed by atoms with van der Waals surface area (Å²) >= 11 is 10.8. The van der Waals surface area contributed by atoms with Gasteiger partial charge in [0, 0.05) is 14.3 Å². The van der Waals surface area contributed by atoms with Crippen LogP contribution < -0.4 is 0 Å². The lowest BCUT2D eigenvalue weighted by atomic mass is 9.98. The van der Waals surface area contributed by atoms with E-state index in [-0.39, 0.29) is 10.6 Å². The van der Waals surface area contributed by atoms with Gasteiger partial charge in [-0.15, -0.1) is 0 Å². The molecule has 0 amide bonds. The van der Waals surface area contributed by atoms with Gasteiger partial charge in [0.25, 0.3) is 0 Å². The van der Waals surface area contributed by atoms with Crippen molar-refractivity contribution < 1.29 is 4.39 Å². The highest BCUT2D eigenvalue weighted by atomic mass is 79.9. The van der Waals surface area contributed by atoms with Gasteiger partial charge in [-0.05, 0) is 40.8 Å². The Morgan fingerprint density at radius 3 is 2.29 bits per heavy atom. The van der Waals surface area contributed by atoms with Crippen LogP contribution in [0.5, 0.6) is 0 Å². The van der Waals surface area contributed by atoms with E-state index in [4.69, 9.17) is 0 Å². The maximum Gasteiger partial charge on any atom is 0.131 e. The molecule has 4 heteroatoms. The van der Waals surface area contributed by atoms with E-state index < -0.39 is 0 Å². The summed E-state index contributed by atoms with van der Waals surface area (Å²) in [6.45, 7) is 0. The molecule has 0 N–H and O–H groups in total. The molecule has 0 nitrogen and oxygen atoms in total. The molecule has 0 saturated heterocycles. The molecule has 0 aliphatic carbocycles. The standard InChI is InChI=1S/C17H10Br3F/c18-10-5-7-15(19)14(9-10)17(20)13-6-8-16(21)12-4-2-1-3-11(12)13/h1-9,17H. The molecule has 21 heavy (non-hydrogen) atoms. The first-order chi connectivity index (χ1) is 10.1. The molecule has 106 valence electrons. The van der Waals surface area contributed by atoms with E-state index in [1.54, 1.807) is 0 Å². The molecule has 0 aromatic heterocycles. The number of halogens is 4. The number of benzene rings is 3. The lowest BCUT2D eigenvalue weighted by molar-refractivity contribution is 0.639. The minimum atomic E-state index is -0.192. The van der Waals surface area contributed by atoms with Gasteiger partial charge in [0.05, 0.1) is 4.83 Å². The second-order valence-electron chi connectivity index (χ2n) is 4.71. The van der Waals surface area contributed by atoms with Crippen LogP contribution in [0.1, 0.15) is 16.0 Å². The Morgan fingerprint density at radius 1 is 0.810 bits per heavy atom. The fraction of sp³-hybridized carbons (Fsp3) is 0.0588. The molecular weight excluding hydrogens is 463 g/mol. The van der Waals surface area contributed by atoms with Gasteiger partial charge in [-0.2, -0.15) is 0 Å². The van der Waals surface area contributed by atoms with Crippen molar-refractivity contribution >= 4 is 58.6 Å². The van der Waals surface area contributed by atoms with Gasteiger partial charge in [0.2, 0.25) is 0 Å². The smallest absolute Gasteiger partial charge is 0.131 e. The van der Waals surface area contributed by atoms with Crippen molar-refractivity contribution in [3.05, 3.63) is 80.5 Å². The largest absolute Gasteiger partial charge is 0.206 e. The first-order valence-corrected chi connectivity index (χ1v) is 8.84. The van der Waals surface area contributed by atoms with Gasteiger partial charge in [0.1, 0.15) is 5.82 Å². The molecule has 1 atom stereocenters. The van der Waals surface area contributed by atoms with Crippen molar-refractivity contribution in [1.82, 2.24) is 0 Å². The number of hydrogen-bond acceptors (Lipinski definition) is 0. The summed E-state index contributed by atoms with van der Waals surface area (Å²) in [5, 5.41) is 1.57. The summed E-state index contributed by atoms with van der Waals surface area (Å²) < 4.78 is 16.0. The summed E-state index contributed by atoms with van der Waals surface area (Å²) in [6.07, 6.45) is 0. The molecule has 3 rings (SSSR count). The summed E-state index contributed by atoms with van der Waals surface area (Å²) in [6, 6.07) is 16.9. The Kier molecular flexibility index (Phi) is 4.48. The highest BCUT2D eigenvalue weighted by Crippen LogP contribution is 2.40. The molecular formula is C17H10Br3F. The van der Waals surface area contributed by atoms with E-state index in [0.29, 0.717) is 5.39 Å². The van der Waals surface area contributed by atoms with Crippen molar-refractivity contribution in [2.45, 2.75) is 4.83 Å². The average molecular weight is 473 g/mol. The Hall–Kier alpha value is -0.710. The van der Waals surface area contributed by atoms with E-state index in [9.17, 15) is 4.39 Å². The molecule has 0 saturated carbocycles. The molecule has 0 heterocycles. The maximum absolute atomic E-state index is 13.9. The zero-order valence-electron chi connectivity index (χ0n) is 10.8. The third-order valence-corrected chi connectivity index (χ3v) is 5.61. The van der Waals surface area contributed by atoms with Gasteiger partial charge >= 0.3 is 0 Å². The van der Waals surface area contributed by atoms with E-state index in [1.807, 2.05) is 42.5 Å². The lowest BCUT2D eigenvalue weighted by Gasteiger charge is -2.16. The van der Waals surface area contributed by atoms with Gasteiger partial charge in [-0.3, -0.25) is 0 Å². The number of alkyl halides is 1. The zero-order valence-corrected chi connectivity index (χ0v) is 15.5. The van der Waals surface area contributed by atoms with Crippen LogP contribution in [0.15, 0.2) is 63.5 Å². The number of fused-ring (bicyclic) bond motifs is 1. The van der Waals surface area contributed by atoms with Crippen LogP contribution in [0.25, 0.3) is 10.8 Å². The fourth-order valence-electron chi connectivity index (χ4n) is 2.38. The van der Waals surface area contributed by atoms with Gasteiger partial charge in [-0.1, -0.05) is 78.1 Å². The van der Waals surface area contributed by atoms with Crippen molar-refractivity contribution in [2.24, 2.45) is 0 Å². The predicted molar refractivity (Wildman–Crippen MR) is 96.5 cm³/mol. The second-order valence-corrected chi connectivity index (χ2v) is 7.40. The van der Waals surface area contributed by atoms with Crippen LogP contribution >= 0.6 is 47.8 Å². The molecule has 3 aromatic rings. The van der Waals surface area contributed by atoms with Crippen molar-refractivity contribution in [3.8, 4) is 0 Å². The minimum Gasteiger partial charge on any atom is -0.206 e. The first-order valence-electron chi connectivity index (χ1n) is 6.34. The van der Waals surface area contributed by atoms with Crippen molar-refractivity contribution in [3.63, 3.8) is 0 Å². The lowest BCUT2D eigenvalue weighted by Crippen LogP contribution is -1.96. The normalized spacial score (nSPS) is 12.6. The van der Waals surface area contributed by atoms with Crippen LogP contribution in [-0.2, 0) is 0 Å². The highest BCUT2D eigenvalue weighted by molar-refractivity contribution is 9.11. The molecule has 0 radical (unpaired) electrons. The Labute approximate surface area is 147 Å². The summed E-state index contributed by atoms with van der Waals surface area (Å²) in [4.78, 5) is -0.0186. The molecule has 0 aliphatic heterocycles. The van der Waals surface area contributed by atoms with Crippen LogP contribution in [0.4, 0.5) is 4.39 Å². The summed E-state index contributed by atoms with van der Waals surface area (Å²) in [5.74, 6) is -0.192. The summed E-state index contributed by atoms with van der Waals surface area (Å²) in [5.41, 5.74) is 2.15. The monoisotopic (exact) mass is 470 g/mol. The van der Waals surface area contributed by atoms with Gasteiger partial charge in [-0.25, -0.2) is 4.39 Å². The van der Waals surface area contributed by atoms with E-state index >= 15 is 0 Å². The topological polar surface area (TPSA) is 0 Å². The van der Waals surface area contributed by atoms with Crippen molar-refractivity contribution in [1.29, 1.82) is 0 Å².